The lowest BCUT2D eigenvalue weighted by Gasteiger charge is -2.05. The number of hydrogen-bond donors (Lipinski definition) is 1. The van der Waals surface area contributed by atoms with Gasteiger partial charge in [0.2, 0.25) is 0 Å². The van der Waals surface area contributed by atoms with Crippen LogP contribution in [0.15, 0.2) is 48.7 Å². The Morgan fingerprint density at radius 1 is 1.24 bits per heavy atom. The Kier molecular flexibility index (Phi) is 4.76. The predicted molar refractivity (Wildman–Crippen MR) is 84.4 cm³/mol. The highest BCUT2D eigenvalue weighted by Gasteiger charge is 2.07. The average molecular weight is 304 g/mol. The van der Waals surface area contributed by atoms with E-state index in [1.54, 1.807) is 12.1 Å². The van der Waals surface area contributed by atoms with Gasteiger partial charge in [-0.15, -0.1) is 0 Å². The highest BCUT2D eigenvalue weighted by Crippen LogP contribution is 2.22. The van der Waals surface area contributed by atoms with Crippen LogP contribution in [0, 0.1) is 19.7 Å². The molecule has 2 rings (SSSR count). The number of anilines is 1. The minimum absolute atomic E-state index is 0.0363. The SMILES string of the molecule is Cc1ccc(C)c(C(=O)C=CNc2cccc(Cl)c2F)c1. The van der Waals surface area contributed by atoms with E-state index in [-0.39, 0.29) is 16.5 Å². The summed E-state index contributed by atoms with van der Waals surface area (Å²) in [6.45, 7) is 3.81. The molecule has 0 spiro atoms. The maximum Gasteiger partial charge on any atom is 0.187 e. The van der Waals surface area contributed by atoms with E-state index in [1.165, 1.54) is 18.3 Å². The third-order valence-corrected chi connectivity index (χ3v) is 3.38. The van der Waals surface area contributed by atoms with Gasteiger partial charge in [-0.2, -0.15) is 0 Å². The molecule has 0 aliphatic rings. The van der Waals surface area contributed by atoms with Gasteiger partial charge in [-0.25, -0.2) is 4.39 Å². The van der Waals surface area contributed by atoms with Crippen LogP contribution >= 0.6 is 11.6 Å². The van der Waals surface area contributed by atoms with Gasteiger partial charge in [-0.3, -0.25) is 4.79 Å². The molecule has 0 bridgehead atoms. The Balaban J connectivity index is 2.12. The van der Waals surface area contributed by atoms with E-state index < -0.39 is 5.82 Å². The quantitative estimate of drug-likeness (QED) is 0.642. The van der Waals surface area contributed by atoms with Crippen molar-refractivity contribution in [2.24, 2.45) is 0 Å². The number of nitrogens with one attached hydrogen (secondary N) is 1. The summed E-state index contributed by atoms with van der Waals surface area (Å²) in [6.07, 6.45) is 2.79. The van der Waals surface area contributed by atoms with Crippen LogP contribution in [0.1, 0.15) is 21.5 Å². The van der Waals surface area contributed by atoms with E-state index in [0.29, 0.717) is 5.56 Å². The first-order valence-electron chi connectivity index (χ1n) is 6.47. The van der Waals surface area contributed by atoms with Crippen LogP contribution in [0.4, 0.5) is 10.1 Å². The van der Waals surface area contributed by atoms with E-state index >= 15 is 0 Å². The lowest BCUT2D eigenvalue weighted by molar-refractivity contribution is 0.104. The fourth-order valence-corrected chi connectivity index (χ4v) is 2.09. The second-order valence-corrected chi connectivity index (χ2v) is 5.17. The number of benzene rings is 2. The molecule has 2 nitrogen and oxygen atoms in total. The highest BCUT2D eigenvalue weighted by atomic mass is 35.5. The van der Waals surface area contributed by atoms with Gasteiger partial charge >= 0.3 is 0 Å². The van der Waals surface area contributed by atoms with Gasteiger partial charge in [0.25, 0.3) is 0 Å². The lowest BCUT2D eigenvalue weighted by Crippen LogP contribution is -2.00. The summed E-state index contributed by atoms with van der Waals surface area (Å²) in [6, 6.07) is 10.3. The lowest BCUT2D eigenvalue weighted by atomic mass is 10.0. The fraction of sp³-hybridized carbons (Fsp3) is 0.118. The summed E-state index contributed by atoms with van der Waals surface area (Å²) in [4.78, 5) is 12.1. The third-order valence-electron chi connectivity index (χ3n) is 3.08. The number of carbonyl (C=O) groups excluding carboxylic acids is 1. The van der Waals surface area contributed by atoms with Crippen LogP contribution in [0.5, 0.6) is 0 Å². The van der Waals surface area contributed by atoms with Crippen molar-refractivity contribution in [3.05, 3.63) is 76.2 Å². The molecule has 0 aliphatic carbocycles. The fourth-order valence-electron chi connectivity index (χ4n) is 1.91. The van der Waals surface area contributed by atoms with Gasteiger partial charge in [-0.05, 0) is 37.6 Å². The Labute approximate surface area is 128 Å². The first kappa shape index (κ1) is 15.3. The molecule has 2 aromatic carbocycles. The highest BCUT2D eigenvalue weighted by molar-refractivity contribution is 6.31. The largest absolute Gasteiger partial charge is 0.359 e. The molecule has 0 saturated carbocycles. The standard InChI is InChI=1S/C17H15ClFNO/c1-11-6-7-12(2)13(10-11)16(21)8-9-20-15-5-3-4-14(18)17(15)19/h3-10,20H,1-2H3. The number of aryl methyl sites for hydroxylation is 2. The molecule has 0 heterocycles. The molecule has 0 saturated heterocycles. The molecule has 4 heteroatoms. The van der Waals surface area contributed by atoms with Gasteiger partial charge < -0.3 is 5.32 Å². The Morgan fingerprint density at radius 2 is 2.00 bits per heavy atom. The summed E-state index contributed by atoms with van der Waals surface area (Å²) in [5.41, 5.74) is 2.79. The smallest absolute Gasteiger partial charge is 0.187 e. The number of ketones is 1. The Bertz CT molecular complexity index is 710. The summed E-state index contributed by atoms with van der Waals surface area (Å²) in [5.74, 6) is -0.672. The molecule has 0 fully saturated rings. The van der Waals surface area contributed by atoms with Crippen LogP contribution in [0.2, 0.25) is 5.02 Å². The molecule has 0 aliphatic heterocycles. The second kappa shape index (κ2) is 6.55. The molecule has 0 aromatic heterocycles. The maximum atomic E-state index is 13.7. The topological polar surface area (TPSA) is 29.1 Å². The maximum absolute atomic E-state index is 13.7. The van der Waals surface area contributed by atoms with Crippen LogP contribution < -0.4 is 5.32 Å². The molecule has 21 heavy (non-hydrogen) atoms. The molecule has 0 radical (unpaired) electrons. The Morgan fingerprint density at radius 3 is 2.76 bits per heavy atom. The zero-order valence-corrected chi connectivity index (χ0v) is 12.5. The number of rotatable bonds is 4. The summed E-state index contributed by atoms with van der Waals surface area (Å²) >= 11 is 5.68. The van der Waals surface area contributed by atoms with Crippen molar-refractivity contribution in [2.45, 2.75) is 13.8 Å². The van der Waals surface area contributed by atoms with Crippen LogP contribution in [-0.2, 0) is 0 Å². The zero-order chi connectivity index (χ0) is 15.4. The first-order valence-corrected chi connectivity index (χ1v) is 6.85. The minimum Gasteiger partial charge on any atom is -0.359 e. The van der Waals surface area contributed by atoms with E-state index in [0.717, 1.165) is 11.1 Å². The zero-order valence-electron chi connectivity index (χ0n) is 11.8. The summed E-state index contributed by atoms with van der Waals surface area (Å²) in [7, 11) is 0. The van der Waals surface area contributed by atoms with Gasteiger partial charge in [0.15, 0.2) is 11.6 Å². The van der Waals surface area contributed by atoms with Crippen molar-refractivity contribution in [1.82, 2.24) is 0 Å². The minimum atomic E-state index is -0.539. The Hall–Kier alpha value is -2.13. The molecular formula is C17H15ClFNO. The number of hydrogen-bond acceptors (Lipinski definition) is 2. The van der Waals surface area contributed by atoms with Crippen molar-refractivity contribution in [3.63, 3.8) is 0 Å². The number of halogens is 2. The second-order valence-electron chi connectivity index (χ2n) is 4.76. The molecule has 2 aromatic rings. The van der Waals surface area contributed by atoms with Crippen molar-refractivity contribution >= 4 is 23.1 Å². The molecule has 1 N–H and O–H groups in total. The predicted octanol–water partition coefficient (Wildman–Crippen LogP) is 4.90. The number of allylic oxidation sites excluding steroid dienone is 1. The van der Waals surface area contributed by atoms with Crippen LogP contribution in [0.3, 0.4) is 0 Å². The first-order chi connectivity index (χ1) is 9.99. The van der Waals surface area contributed by atoms with Gasteiger partial charge in [0, 0.05) is 17.8 Å². The molecule has 0 atom stereocenters. The van der Waals surface area contributed by atoms with E-state index in [1.807, 2.05) is 32.0 Å². The summed E-state index contributed by atoms with van der Waals surface area (Å²) < 4.78 is 13.7. The third kappa shape index (κ3) is 3.70. The van der Waals surface area contributed by atoms with E-state index in [9.17, 15) is 9.18 Å². The average Bonchev–Trinajstić information content (AvgIpc) is 2.46. The number of carbonyl (C=O) groups is 1. The van der Waals surface area contributed by atoms with Crippen molar-refractivity contribution in [1.29, 1.82) is 0 Å². The van der Waals surface area contributed by atoms with Crippen molar-refractivity contribution in [3.8, 4) is 0 Å². The molecule has 108 valence electrons. The van der Waals surface area contributed by atoms with E-state index in [2.05, 4.69) is 5.32 Å². The van der Waals surface area contributed by atoms with Crippen molar-refractivity contribution in [2.75, 3.05) is 5.32 Å². The van der Waals surface area contributed by atoms with Gasteiger partial charge in [0.05, 0.1) is 10.7 Å². The molecular weight excluding hydrogens is 289 g/mol. The monoisotopic (exact) mass is 303 g/mol. The van der Waals surface area contributed by atoms with Crippen molar-refractivity contribution < 1.29 is 9.18 Å². The van der Waals surface area contributed by atoms with Crippen LogP contribution in [-0.4, -0.2) is 5.78 Å². The molecule has 0 amide bonds. The van der Waals surface area contributed by atoms with Gasteiger partial charge in [-0.1, -0.05) is 35.4 Å². The van der Waals surface area contributed by atoms with Gasteiger partial charge in [0.1, 0.15) is 0 Å². The summed E-state index contributed by atoms with van der Waals surface area (Å²) in [5, 5.41) is 2.76. The van der Waals surface area contributed by atoms with Crippen LogP contribution in [0.25, 0.3) is 0 Å². The van der Waals surface area contributed by atoms with E-state index in [4.69, 9.17) is 11.6 Å². The molecule has 0 unspecified atom stereocenters. The normalized spacial score (nSPS) is 10.9.